The summed E-state index contributed by atoms with van der Waals surface area (Å²) in [7, 11) is 3.19. The Morgan fingerprint density at radius 3 is 2.42 bits per heavy atom. The molecule has 2 aromatic carbocycles. The highest BCUT2D eigenvalue weighted by Gasteiger charge is 2.25. The van der Waals surface area contributed by atoms with Crippen molar-refractivity contribution in [3.63, 3.8) is 0 Å². The van der Waals surface area contributed by atoms with E-state index in [4.69, 9.17) is 4.98 Å². The number of aromatic nitrogens is 4. The van der Waals surface area contributed by atoms with Crippen molar-refractivity contribution in [3.05, 3.63) is 91.6 Å². The third kappa shape index (κ3) is 3.08. The van der Waals surface area contributed by atoms with E-state index >= 15 is 0 Å². The molecule has 5 rings (SSSR count). The summed E-state index contributed by atoms with van der Waals surface area (Å²) in [4.78, 5) is 32.8. The number of hydrogen-bond donors (Lipinski definition) is 0. The molecule has 0 N–H and O–H groups in total. The van der Waals surface area contributed by atoms with Crippen molar-refractivity contribution in [2.24, 2.45) is 14.1 Å². The first-order chi connectivity index (χ1) is 15.0. The van der Waals surface area contributed by atoms with Crippen LogP contribution in [0.3, 0.4) is 0 Å². The van der Waals surface area contributed by atoms with Crippen LogP contribution in [0.4, 0.5) is 5.95 Å². The van der Waals surface area contributed by atoms with Crippen molar-refractivity contribution in [2.45, 2.75) is 26.4 Å². The molecule has 31 heavy (non-hydrogen) atoms. The van der Waals surface area contributed by atoms with E-state index in [2.05, 4.69) is 48.2 Å². The Morgan fingerprint density at radius 2 is 1.65 bits per heavy atom. The van der Waals surface area contributed by atoms with Gasteiger partial charge in [0.2, 0.25) is 5.95 Å². The maximum Gasteiger partial charge on any atom is 0.332 e. The average Bonchev–Trinajstić information content (AvgIpc) is 3.17. The summed E-state index contributed by atoms with van der Waals surface area (Å²) in [6.45, 7) is 4.12. The highest BCUT2D eigenvalue weighted by atomic mass is 16.2. The van der Waals surface area contributed by atoms with Gasteiger partial charge in [-0.15, -0.1) is 0 Å². The number of anilines is 1. The van der Waals surface area contributed by atoms with Crippen molar-refractivity contribution in [1.82, 2.24) is 18.7 Å². The van der Waals surface area contributed by atoms with Gasteiger partial charge in [-0.3, -0.25) is 18.5 Å². The van der Waals surface area contributed by atoms with Crippen LogP contribution >= 0.6 is 0 Å². The minimum atomic E-state index is -0.367. The zero-order valence-electron chi connectivity index (χ0n) is 18.0. The fraction of sp³-hybridized carbons (Fsp3) is 0.292. The first-order valence-corrected chi connectivity index (χ1v) is 10.5. The van der Waals surface area contributed by atoms with Crippen LogP contribution in [-0.4, -0.2) is 25.2 Å². The summed E-state index contributed by atoms with van der Waals surface area (Å²) >= 11 is 0. The summed E-state index contributed by atoms with van der Waals surface area (Å²) in [5, 5.41) is 0. The zero-order valence-corrected chi connectivity index (χ0v) is 18.0. The number of rotatable bonds is 3. The molecule has 0 atom stereocenters. The molecular weight excluding hydrogens is 390 g/mol. The van der Waals surface area contributed by atoms with Gasteiger partial charge in [0, 0.05) is 27.2 Å². The van der Waals surface area contributed by atoms with Crippen molar-refractivity contribution >= 4 is 17.1 Å². The van der Waals surface area contributed by atoms with Gasteiger partial charge < -0.3 is 4.90 Å². The lowest BCUT2D eigenvalue weighted by Crippen LogP contribution is -2.37. The Bertz CT molecular complexity index is 1430. The van der Waals surface area contributed by atoms with Gasteiger partial charge in [-0.05, 0) is 35.6 Å². The predicted molar refractivity (Wildman–Crippen MR) is 122 cm³/mol. The number of fused-ring (bicyclic) bond motifs is 2. The van der Waals surface area contributed by atoms with E-state index in [0.717, 1.165) is 41.2 Å². The van der Waals surface area contributed by atoms with Crippen molar-refractivity contribution in [2.75, 3.05) is 11.4 Å². The van der Waals surface area contributed by atoms with Crippen LogP contribution in [0.15, 0.2) is 58.1 Å². The van der Waals surface area contributed by atoms with E-state index in [0.29, 0.717) is 17.7 Å². The summed E-state index contributed by atoms with van der Waals surface area (Å²) in [6.07, 6.45) is 0.917. The Labute approximate surface area is 179 Å². The normalized spacial score (nSPS) is 13.6. The van der Waals surface area contributed by atoms with Crippen molar-refractivity contribution in [1.29, 1.82) is 0 Å². The monoisotopic (exact) mass is 415 g/mol. The lowest BCUT2D eigenvalue weighted by Gasteiger charge is -2.30. The minimum absolute atomic E-state index is 0.317. The molecule has 1 aliphatic heterocycles. The smallest absolute Gasteiger partial charge is 0.332 e. The fourth-order valence-corrected chi connectivity index (χ4v) is 4.45. The summed E-state index contributed by atoms with van der Waals surface area (Å²) in [6, 6.07) is 16.6. The largest absolute Gasteiger partial charge is 0.337 e. The molecule has 2 aromatic heterocycles. The van der Waals surface area contributed by atoms with Gasteiger partial charge in [0.05, 0.1) is 6.54 Å². The van der Waals surface area contributed by atoms with Crippen LogP contribution in [0.1, 0.15) is 22.3 Å². The molecule has 4 aromatic rings. The molecule has 0 saturated heterocycles. The molecule has 0 spiro atoms. The van der Waals surface area contributed by atoms with E-state index < -0.39 is 0 Å². The summed E-state index contributed by atoms with van der Waals surface area (Å²) in [5.41, 5.74) is 5.10. The molecule has 7 heteroatoms. The lowest BCUT2D eigenvalue weighted by molar-refractivity contribution is 0.674. The van der Waals surface area contributed by atoms with Gasteiger partial charge in [0.15, 0.2) is 11.2 Å². The molecule has 0 aliphatic carbocycles. The third-order valence-corrected chi connectivity index (χ3v) is 6.33. The van der Waals surface area contributed by atoms with Crippen LogP contribution in [-0.2, 0) is 33.6 Å². The lowest BCUT2D eigenvalue weighted by atomic mass is 10.0. The molecule has 7 nitrogen and oxygen atoms in total. The van der Waals surface area contributed by atoms with Gasteiger partial charge in [0.1, 0.15) is 0 Å². The molecule has 3 heterocycles. The van der Waals surface area contributed by atoms with Crippen molar-refractivity contribution < 1.29 is 0 Å². The van der Waals surface area contributed by atoms with Crippen LogP contribution in [0, 0.1) is 6.92 Å². The van der Waals surface area contributed by atoms with Gasteiger partial charge in [-0.25, -0.2) is 4.79 Å². The molecular formula is C24H25N5O2. The maximum atomic E-state index is 13.2. The molecule has 0 radical (unpaired) electrons. The van der Waals surface area contributed by atoms with Crippen LogP contribution in [0.2, 0.25) is 0 Å². The molecule has 0 unspecified atom stereocenters. The van der Waals surface area contributed by atoms with Crippen LogP contribution < -0.4 is 16.1 Å². The van der Waals surface area contributed by atoms with Crippen LogP contribution in [0.5, 0.6) is 0 Å². The van der Waals surface area contributed by atoms with E-state index in [1.807, 2.05) is 16.7 Å². The van der Waals surface area contributed by atoms with Gasteiger partial charge >= 0.3 is 5.69 Å². The first kappa shape index (κ1) is 19.4. The topological polar surface area (TPSA) is 65.1 Å². The molecule has 0 fully saturated rings. The minimum Gasteiger partial charge on any atom is -0.337 e. The Balaban J connectivity index is 1.73. The quantitative estimate of drug-likeness (QED) is 0.515. The second-order valence-electron chi connectivity index (χ2n) is 8.24. The highest BCUT2D eigenvalue weighted by molar-refractivity contribution is 5.75. The number of aryl methyl sites for hydroxylation is 2. The van der Waals surface area contributed by atoms with E-state index in [1.54, 1.807) is 7.05 Å². The molecule has 0 saturated carbocycles. The Hall–Kier alpha value is -3.61. The first-order valence-electron chi connectivity index (χ1n) is 10.5. The number of hydrogen-bond acceptors (Lipinski definition) is 4. The SMILES string of the molecule is Cc1ccccc1Cn1c(N2CCc3ccccc3C2)nc2c1c(=O)n(C)c(=O)n2C. The number of benzene rings is 2. The van der Waals surface area contributed by atoms with Crippen LogP contribution in [0.25, 0.3) is 11.2 Å². The van der Waals surface area contributed by atoms with Gasteiger partial charge in [-0.2, -0.15) is 4.98 Å². The standard InChI is InChI=1S/C24H25N5O2/c1-16-8-4-5-10-18(16)15-29-20-21(26(2)24(31)27(3)22(20)30)25-23(29)28-13-12-17-9-6-7-11-19(17)14-28/h4-11H,12-15H2,1-3H3. The number of nitrogens with zero attached hydrogens (tertiary/aromatic N) is 5. The molecule has 0 bridgehead atoms. The predicted octanol–water partition coefficient (Wildman–Crippen LogP) is 2.35. The summed E-state index contributed by atoms with van der Waals surface area (Å²) < 4.78 is 4.60. The van der Waals surface area contributed by atoms with Gasteiger partial charge in [0.25, 0.3) is 5.56 Å². The second kappa shape index (κ2) is 7.27. The van der Waals surface area contributed by atoms with Crippen molar-refractivity contribution in [3.8, 4) is 0 Å². The Kier molecular flexibility index (Phi) is 4.54. The van der Waals surface area contributed by atoms with E-state index in [9.17, 15) is 9.59 Å². The van der Waals surface area contributed by atoms with Gasteiger partial charge in [-0.1, -0.05) is 48.5 Å². The maximum absolute atomic E-state index is 13.2. The third-order valence-electron chi connectivity index (χ3n) is 6.33. The van der Waals surface area contributed by atoms with E-state index in [-0.39, 0.29) is 11.2 Å². The molecule has 1 aliphatic rings. The zero-order chi connectivity index (χ0) is 21.7. The number of imidazole rings is 1. The van der Waals surface area contributed by atoms with E-state index in [1.165, 1.54) is 22.7 Å². The highest BCUT2D eigenvalue weighted by Crippen LogP contribution is 2.27. The molecule has 158 valence electrons. The fourth-order valence-electron chi connectivity index (χ4n) is 4.45. The summed E-state index contributed by atoms with van der Waals surface area (Å²) in [5.74, 6) is 0.728. The second-order valence-corrected chi connectivity index (χ2v) is 8.24. The Morgan fingerprint density at radius 1 is 0.935 bits per heavy atom. The molecule has 0 amide bonds. The average molecular weight is 415 g/mol.